The van der Waals surface area contributed by atoms with E-state index in [1.165, 1.54) is 19.2 Å². The summed E-state index contributed by atoms with van der Waals surface area (Å²) in [6.45, 7) is 3.55. The van der Waals surface area contributed by atoms with Gasteiger partial charge in [-0.2, -0.15) is 0 Å². The van der Waals surface area contributed by atoms with Crippen molar-refractivity contribution in [2.45, 2.75) is 26.7 Å². The van der Waals surface area contributed by atoms with E-state index in [4.69, 9.17) is 9.15 Å². The Balaban J connectivity index is 1.78. The van der Waals surface area contributed by atoms with Gasteiger partial charge in [-0.25, -0.2) is 4.79 Å². The van der Waals surface area contributed by atoms with Crippen molar-refractivity contribution >= 4 is 28.3 Å². The average Bonchev–Trinajstić information content (AvgIpc) is 2.68. The fourth-order valence-corrected chi connectivity index (χ4v) is 3.10. The van der Waals surface area contributed by atoms with E-state index < -0.39 is 10.5 Å². The maximum absolute atomic E-state index is 12.4. The number of nitro benzene ring substituents is 1. The Labute approximate surface area is 166 Å². The van der Waals surface area contributed by atoms with E-state index in [1.807, 2.05) is 13.0 Å². The van der Waals surface area contributed by atoms with Crippen LogP contribution in [0.3, 0.4) is 0 Å². The fourth-order valence-electron chi connectivity index (χ4n) is 3.10. The minimum absolute atomic E-state index is 0.0371. The number of anilines is 1. The van der Waals surface area contributed by atoms with Crippen LogP contribution in [0, 0.1) is 24.0 Å². The average molecular weight is 396 g/mol. The van der Waals surface area contributed by atoms with E-state index in [2.05, 4.69) is 5.32 Å². The van der Waals surface area contributed by atoms with Crippen molar-refractivity contribution in [3.63, 3.8) is 0 Å². The third-order valence-electron chi connectivity index (χ3n) is 4.80. The maximum atomic E-state index is 12.4. The number of benzene rings is 2. The van der Waals surface area contributed by atoms with Gasteiger partial charge in [-0.05, 0) is 43.5 Å². The molecule has 0 saturated heterocycles. The van der Waals surface area contributed by atoms with Crippen molar-refractivity contribution in [3.05, 3.63) is 73.6 Å². The minimum atomic E-state index is -0.520. The number of ether oxygens (including phenoxy) is 1. The smallest absolute Gasteiger partial charge is 0.339 e. The number of nitro groups is 1. The van der Waals surface area contributed by atoms with Crippen LogP contribution < -0.4 is 15.7 Å². The molecular formula is C21H20N2O6. The summed E-state index contributed by atoms with van der Waals surface area (Å²) in [5, 5.41) is 14.4. The van der Waals surface area contributed by atoms with Crippen LogP contribution in [0.4, 0.5) is 11.4 Å². The van der Waals surface area contributed by atoms with E-state index in [1.54, 1.807) is 25.1 Å². The monoisotopic (exact) mass is 396 g/mol. The van der Waals surface area contributed by atoms with Gasteiger partial charge < -0.3 is 14.5 Å². The summed E-state index contributed by atoms with van der Waals surface area (Å²) < 4.78 is 10.5. The predicted octanol–water partition coefficient (Wildman–Crippen LogP) is 3.90. The fraction of sp³-hybridized carbons (Fsp3) is 0.238. The number of rotatable bonds is 6. The molecule has 1 aromatic heterocycles. The molecule has 0 aliphatic heterocycles. The molecule has 1 amide bonds. The van der Waals surface area contributed by atoms with Crippen LogP contribution >= 0.6 is 0 Å². The highest BCUT2D eigenvalue weighted by molar-refractivity contribution is 5.92. The van der Waals surface area contributed by atoms with E-state index in [-0.39, 0.29) is 24.4 Å². The van der Waals surface area contributed by atoms with Crippen LogP contribution in [0.15, 0.2) is 45.6 Å². The molecule has 0 aliphatic carbocycles. The highest BCUT2D eigenvalue weighted by atomic mass is 16.6. The van der Waals surface area contributed by atoms with Crippen LogP contribution in [-0.2, 0) is 11.2 Å². The largest absolute Gasteiger partial charge is 0.497 e. The Bertz CT molecular complexity index is 1170. The quantitative estimate of drug-likeness (QED) is 0.384. The van der Waals surface area contributed by atoms with E-state index >= 15 is 0 Å². The number of non-ortho nitro benzene ring substituents is 1. The van der Waals surface area contributed by atoms with Crippen LogP contribution in [0.5, 0.6) is 5.75 Å². The van der Waals surface area contributed by atoms with Crippen LogP contribution in [0.2, 0.25) is 0 Å². The number of nitrogens with zero attached hydrogens (tertiary/aromatic N) is 1. The number of methoxy groups -OCH3 is 1. The van der Waals surface area contributed by atoms with E-state index in [9.17, 15) is 19.7 Å². The molecule has 1 N–H and O–H groups in total. The third-order valence-corrected chi connectivity index (χ3v) is 4.80. The van der Waals surface area contributed by atoms with Gasteiger partial charge in [-0.3, -0.25) is 14.9 Å². The number of hydrogen-bond acceptors (Lipinski definition) is 6. The molecule has 3 aromatic rings. The molecule has 8 nitrogen and oxygen atoms in total. The lowest BCUT2D eigenvalue weighted by atomic mass is 10.0. The SMILES string of the molecule is COc1ccc2c(C)c(CCC(=O)Nc3cc([N+](=O)[O-])ccc3C)c(=O)oc2c1. The predicted molar refractivity (Wildman–Crippen MR) is 109 cm³/mol. The summed E-state index contributed by atoms with van der Waals surface area (Å²) in [7, 11) is 1.53. The maximum Gasteiger partial charge on any atom is 0.339 e. The highest BCUT2D eigenvalue weighted by Gasteiger charge is 2.15. The van der Waals surface area contributed by atoms with Gasteiger partial charge in [0.15, 0.2) is 0 Å². The molecule has 0 aliphatic rings. The van der Waals surface area contributed by atoms with Crippen molar-refractivity contribution in [2.24, 2.45) is 0 Å². The summed E-state index contributed by atoms with van der Waals surface area (Å²) >= 11 is 0. The van der Waals surface area contributed by atoms with E-state index in [0.717, 1.165) is 10.9 Å². The molecule has 3 rings (SSSR count). The van der Waals surface area contributed by atoms with Crippen LogP contribution in [-0.4, -0.2) is 17.9 Å². The standard InChI is InChI=1S/C21H20N2O6/c1-12-4-5-14(23(26)27)10-18(12)22-20(24)9-8-17-13(2)16-7-6-15(28-3)11-19(16)29-21(17)25/h4-7,10-11H,8-9H2,1-3H3,(H,22,24). The molecular weight excluding hydrogens is 376 g/mol. The molecule has 1 heterocycles. The molecule has 0 atom stereocenters. The molecule has 0 unspecified atom stereocenters. The molecule has 150 valence electrons. The second-order valence-corrected chi connectivity index (χ2v) is 6.66. The summed E-state index contributed by atoms with van der Waals surface area (Å²) in [6.07, 6.45) is 0.228. The third kappa shape index (κ3) is 4.26. The zero-order valence-electron chi connectivity index (χ0n) is 16.3. The van der Waals surface area contributed by atoms with Crippen molar-refractivity contribution in [3.8, 4) is 5.75 Å². The lowest BCUT2D eigenvalue weighted by Gasteiger charge is -2.10. The summed E-state index contributed by atoms with van der Waals surface area (Å²) in [6, 6.07) is 9.49. The van der Waals surface area contributed by atoms with Crippen molar-refractivity contribution in [1.82, 2.24) is 0 Å². The second kappa shape index (κ2) is 8.14. The van der Waals surface area contributed by atoms with Gasteiger partial charge in [-0.1, -0.05) is 6.07 Å². The molecule has 2 aromatic carbocycles. The van der Waals surface area contributed by atoms with Gasteiger partial charge in [0.1, 0.15) is 11.3 Å². The Hall–Kier alpha value is -3.68. The van der Waals surface area contributed by atoms with Gasteiger partial charge in [0.25, 0.3) is 5.69 Å². The molecule has 0 radical (unpaired) electrons. The Morgan fingerprint density at radius 2 is 1.97 bits per heavy atom. The molecule has 8 heteroatoms. The lowest BCUT2D eigenvalue weighted by Crippen LogP contribution is -2.17. The van der Waals surface area contributed by atoms with E-state index in [0.29, 0.717) is 28.1 Å². The number of carbonyl (C=O) groups excluding carboxylic acids is 1. The zero-order valence-corrected chi connectivity index (χ0v) is 16.3. The lowest BCUT2D eigenvalue weighted by molar-refractivity contribution is -0.384. The van der Waals surface area contributed by atoms with Crippen molar-refractivity contribution in [1.29, 1.82) is 0 Å². The van der Waals surface area contributed by atoms with Crippen molar-refractivity contribution in [2.75, 3.05) is 12.4 Å². The number of nitrogens with one attached hydrogen (secondary N) is 1. The highest BCUT2D eigenvalue weighted by Crippen LogP contribution is 2.25. The van der Waals surface area contributed by atoms with Gasteiger partial charge in [-0.15, -0.1) is 0 Å². The van der Waals surface area contributed by atoms with Crippen molar-refractivity contribution < 1.29 is 18.9 Å². The first-order valence-electron chi connectivity index (χ1n) is 8.95. The molecule has 0 fully saturated rings. The topological polar surface area (TPSA) is 112 Å². The van der Waals surface area contributed by atoms with Gasteiger partial charge in [0, 0.05) is 35.6 Å². The number of hydrogen-bond donors (Lipinski definition) is 1. The van der Waals surface area contributed by atoms with Gasteiger partial charge in [0.05, 0.1) is 17.7 Å². The number of fused-ring (bicyclic) bond motifs is 1. The number of aryl methyl sites for hydroxylation is 2. The normalized spacial score (nSPS) is 10.7. The molecule has 0 spiro atoms. The summed E-state index contributed by atoms with van der Waals surface area (Å²) in [4.78, 5) is 35.1. The minimum Gasteiger partial charge on any atom is -0.497 e. The molecule has 29 heavy (non-hydrogen) atoms. The molecule has 0 saturated carbocycles. The summed E-state index contributed by atoms with van der Waals surface area (Å²) in [5.74, 6) is 0.238. The Morgan fingerprint density at radius 1 is 1.21 bits per heavy atom. The first-order valence-corrected chi connectivity index (χ1v) is 8.95. The first-order chi connectivity index (χ1) is 13.8. The summed E-state index contributed by atoms with van der Waals surface area (Å²) in [5.41, 5.74) is 2.08. The van der Waals surface area contributed by atoms with Gasteiger partial charge >= 0.3 is 5.63 Å². The second-order valence-electron chi connectivity index (χ2n) is 6.66. The van der Waals surface area contributed by atoms with Crippen LogP contribution in [0.25, 0.3) is 11.0 Å². The Kier molecular flexibility index (Phi) is 5.63. The zero-order chi connectivity index (χ0) is 21.1. The number of amides is 1. The Morgan fingerprint density at radius 3 is 2.66 bits per heavy atom. The van der Waals surface area contributed by atoms with Gasteiger partial charge in [0.2, 0.25) is 5.91 Å². The van der Waals surface area contributed by atoms with Crippen LogP contribution in [0.1, 0.15) is 23.1 Å². The number of carbonyl (C=O) groups is 1. The molecule has 0 bridgehead atoms. The first kappa shape index (κ1) is 20.1.